The second-order valence-electron chi connectivity index (χ2n) is 11.5. The maximum absolute atomic E-state index is 13.0. The average molecular weight is 469 g/mol. The van der Waals surface area contributed by atoms with E-state index in [-0.39, 0.29) is 18.0 Å². The zero-order chi connectivity index (χ0) is 25.3. The van der Waals surface area contributed by atoms with Crippen LogP contribution in [0.5, 0.6) is 0 Å². The van der Waals surface area contributed by atoms with Crippen molar-refractivity contribution < 1.29 is 14.7 Å². The van der Waals surface area contributed by atoms with Gasteiger partial charge in [0.25, 0.3) is 0 Å². The Labute approximate surface area is 208 Å². The summed E-state index contributed by atoms with van der Waals surface area (Å²) >= 11 is 0. The maximum Gasteiger partial charge on any atom is 0.196 e. The molecule has 0 amide bonds. The molecular formula is C31H48O3. The van der Waals surface area contributed by atoms with Gasteiger partial charge < -0.3 is 5.11 Å². The van der Waals surface area contributed by atoms with Gasteiger partial charge >= 0.3 is 0 Å². The predicted octanol–water partition coefficient (Wildman–Crippen LogP) is 8.21. The van der Waals surface area contributed by atoms with Crippen LogP contribution < -0.4 is 0 Å². The van der Waals surface area contributed by atoms with Crippen LogP contribution in [0.4, 0.5) is 0 Å². The molecule has 3 heteroatoms. The summed E-state index contributed by atoms with van der Waals surface area (Å²) in [6, 6.07) is 6.84. The molecule has 1 aromatic carbocycles. The highest BCUT2D eigenvalue weighted by Gasteiger charge is 2.49. The van der Waals surface area contributed by atoms with Gasteiger partial charge in [-0.3, -0.25) is 9.59 Å². The molecule has 1 N–H and O–H groups in total. The van der Waals surface area contributed by atoms with Crippen molar-refractivity contribution in [3.63, 3.8) is 0 Å². The SMILES string of the molecule is C/C(=C\C[C@]1(O)C(=O)c2ccccc2C(=O)[C@@H]1C)CCC[C@@H](C)CCC[C@@H](C)CCCC(C)C. The van der Waals surface area contributed by atoms with Gasteiger partial charge in [0.15, 0.2) is 11.6 Å². The van der Waals surface area contributed by atoms with Gasteiger partial charge in [-0.2, -0.15) is 0 Å². The smallest absolute Gasteiger partial charge is 0.196 e. The van der Waals surface area contributed by atoms with Crippen LogP contribution in [0.25, 0.3) is 0 Å². The largest absolute Gasteiger partial charge is 0.381 e. The Hall–Kier alpha value is -1.74. The molecule has 0 saturated carbocycles. The number of hydrogen-bond donors (Lipinski definition) is 1. The third kappa shape index (κ3) is 7.90. The summed E-state index contributed by atoms with van der Waals surface area (Å²) in [4.78, 5) is 25.8. The summed E-state index contributed by atoms with van der Waals surface area (Å²) in [6.07, 6.45) is 13.5. The molecule has 34 heavy (non-hydrogen) atoms. The van der Waals surface area contributed by atoms with Crippen molar-refractivity contribution in [1.82, 2.24) is 0 Å². The van der Waals surface area contributed by atoms with Gasteiger partial charge in [0.05, 0.1) is 5.92 Å². The number of carbonyl (C=O) groups is 2. The normalized spacial score (nSPS) is 22.7. The van der Waals surface area contributed by atoms with E-state index in [4.69, 9.17) is 0 Å². The molecule has 0 unspecified atom stereocenters. The lowest BCUT2D eigenvalue weighted by molar-refractivity contribution is 0.00307. The standard InChI is InChI=1S/C31H48O3/c1-22(2)12-9-13-23(3)14-10-15-24(4)16-11-17-25(5)20-21-31(34)26(6)29(32)27-18-7-8-19-28(27)30(31)33/h7-8,18-20,22-24,26,34H,9-17,21H2,1-6H3/b25-20+/t23-,24-,26-,31+/m0/s1. The molecule has 0 fully saturated rings. The van der Waals surface area contributed by atoms with Crippen LogP contribution in [0.15, 0.2) is 35.9 Å². The zero-order valence-corrected chi connectivity index (χ0v) is 22.5. The number of allylic oxidation sites excluding steroid dienone is 1. The average Bonchev–Trinajstić information content (AvgIpc) is 2.80. The minimum atomic E-state index is -1.65. The summed E-state index contributed by atoms with van der Waals surface area (Å²) in [7, 11) is 0. The van der Waals surface area contributed by atoms with Crippen molar-refractivity contribution >= 4 is 11.6 Å². The Bertz CT molecular complexity index is 837. The Balaban J connectivity index is 1.74. The molecule has 1 aliphatic carbocycles. The first-order valence-corrected chi connectivity index (χ1v) is 13.6. The molecule has 0 spiro atoms. The van der Waals surface area contributed by atoms with Gasteiger partial charge in [-0.15, -0.1) is 0 Å². The number of ketones is 2. The Morgan fingerprint density at radius 1 is 0.912 bits per heavy atom. The van der Waals surface area contributed by atoms with Crippen molar-refractivity contribution in [2.75, 3.05) is 0 Å². The summed E-state index contributed by atoms with van der Waals surface area (Å²) in [5.41, 5.74) is 0.323. The minimum Gasteiger partial charge on any atom is -0.381 e. The van der Waals surface area contributed by atoms with Crippen molar-refractivity contribution in [2.24, 2.45) is 23.7 Å². The van der Waals surface area contributed by atoms with Gasteiger partial charge in [0.2, 0.25) is 0 Å². The molecule has 4 atom stereocenters. The summed E-state index contributed by atoms with van der Waals surface area (Å²) in [6.45, 7) is 13.1. The van der Waals surface area contributed by atoms with E-state index in [1.807, 2.05) is 6.08 Å². The van der Waals surface area contributed by atoms with E-state index < -0.39 is 11.5 Å². The van der Waals surface area contributed by atoms with Crippen LogP contribution in [0.1, 0.15) is 126 Å². The molecule has 0 radical (unpaired) electrons. The molecule has 3 nitrogen and oxygen atoms in total. The molecule has 1 aliphatic rings. The van der Waals surface area contributed by atoms with Crippen molar-refractivity contribution in [2.45, 2.75) is 111 Å². The topological polar surface area (TPSA) is 54.4 Å². The number of rotatable bonds is 14. The van der Waals surface area contributed by atoms with E-state index in [1.54, 1.807) is 31.2 Å². The first kappa shape index (κ1) is 28.5. The zero-order valence-electron chi connectivity index (χ0n) is 22.5. The Morgan fingerprint density at radius 3 is 2.03 bits per heavy atom. The van der Waals surface area contributed by atoms with Crippen molar-refractivity contribution in [1.29, 1.82) is 0 Å². The molecule has 190 valence electrons. The molecule has 1 aromatic rings. The number of hydrogen-bond acceptors (Lipinski definition) is 3. The third-order valence-corrected chi connectivity index (χ3v) is 7.84. The maximum atomic E-state index is 13.0. The van der Waals surface area contributed by atoms with Crippen molar-refractivity contribution in [3.8, 4) is 0 Å². The Kier molecular flexibility index (Phi) is 11.2. The summed E-state index contributed by atoms with van der Waals surface area (Å²) < 4.78 is 0. The minimum absolute atomic E-state index is 0.146. The first-order chi connectivity index (χ1) is 16.1. The lowest BCUT2D eigenvalue weighted by Crippen LogP contribution is -2.51. The van der Waals surface area contributed by atoms with Crippen LogP contribution in [0.3, 0.4) is 0 Å². The fourth-order valence-corrected chi connectivity index (χ4v) is 5.18. The lowest BCUT2D eigenvalue weighted by Gasteiger charge is -2.36. The van der Waals surface area contributed by atoms with Crippen LogP contribution in [-0.2, 0) is 0 Å². The third-order valence-electron chi connectivity index (χ3n) is 7.84. The van der Waals surface area contributed by atoms with Gasteiger partial charge in [0, 0.05) is 17.5 Å². The van der Waals surface area contributed by atoms with E-state index in [9.17, 15) is 14.7 Å². The number of carbonyl (C=O) groups excluding carboxylic acids is 2. The van der Waals surface area contributed by atoms with E-state index in [0.717, 1.165) is 30.6 Å². The van der Waals surface area contributed by atoms with E-state index in [1.165, 1.54) is 50.5 Å². The highest BCUT2D eigenvalue weighted by atomic mass is 16.3. The van der Waals surface area contributed by atoms with Gasteiger partial charge in [-0.05, 0) is 37.5 Å². The second kappa shape index (κ2) is 13.4. The molecule has 2 rings (SSSR count). The fourth-order valence-electron chi connectivity index (χ4n) is 5.18. The fraction of sp³-hybridized carbons (Fsp3) is 0.677. The molecule has 0 saturated heterocycles. The molecule has 0 aromatic heterocycles. The molecule has 0 aliphatic heterocycles. The van der Waals surface area contributed by atoms with Gasteiger partial charge in [-0.25, -0.2) is 0 Å². The monoisotopic (exact) mass is 468 g/mol. The number of fused-ring (bicyclic) bond motifs is 1. The van der Waals surface area contributed by atoms with E-state index in [2.05, 4.69) is 34.6 Å². The molecule has 0 bridgehead atoms. The van der Waals surface area contributed by atoms with Crippen molar-refractivity contribution in [3.05, 3.63) is 47.0 Å². The summed E-state index contributed by atoms with van der Waals surface area (Å²) in [5.74, 6) is 1.18. The highest BCUT2D eigenvalue weighted by molar-refractivity contribution is 6.18. The number of aliphatic hydroxyl groups is 1. The highest BCUT2D eigenvalue weighted by Crippen LogP contribution is 2.36. The van der Waals surface area contributed by atoms with Gasteiger partial charge in [0.1, 0.15) is 5.60 Å². The van der Waals surface area contributed by atoms with Crippen LogP contribution >= 0.6 is 0 Å². The van der Waals surface area contributed by atoms with Crippen LogP contribution in [0, 0.1) is 23.7 Å². The quantitative estimate of drug-likeness (QED) is 0.280. The summed E-state index contributed by atoms with van der Waals surface area (Å²) in [5, 5.41) is 11.2. The Morgan fingerprint density at radius 2 is 1.44 bits per heavy atom. The first-order valence-electron chi connectivity index (χ1n) is 13.6. The molecule has 0 heterocycles. The van der Waals surface area contributed by atoms with Crippen LogP contribution in [-0.4, -0.2) is 22.3 Å². The lowest BCUT2D eigenvalue weighted by atomic mass is 9.70. The van der Waals surface area contributed by atoms with Gasteiger partial charge in [-0.1, -0.05) is 115 Å². The van der Waals surface area contributed by atoms with E-state index in [0.29, 0.717) is 11.1 Å². The second-order valence-corrected chi connectivity index (χ2v) is 11.5. The predicted molar refractivity (Wildman–Crippen MR) is 142 cm³/mol. The van der Waals surface area contributed by atoms with Crippen LogP contribution in [0.2, 0.25) is 0 Å². The molecular weight excluding hydrogens is 420 g/mol. The number of benzene rings is 1. The number of Topliss-reactive ketones (excluding diaryl/α,β-unsaturated/α-hetero) is 2. The van der Waals surface area contributed by atoms with E-state index >= 15 is 0 Å².